The molecule has 0 aromatic heterocycles. The molecule has 2 nitrogen and oxygen atoms in total. The zero-order chi connectivity index (χ0) is 13.0. The summed E-state index contributed by atoms with van der Waals surface area (Å²) in [5.74, 6) is 1.03. The van der Waals surface area contributed by atoms with E-state index in [1.165, 1.54) is 18.9 Å². The molecule has 0 radical (unpaired) electrons. The van der Waals surface area contributed by atoms with Gasteiger partial charge in [-0.1, -0.05) is 13.8 Å². The molecule has 0 heterocycles. The highest BCUT2D eigenvalue weighted by molar-refractivity contribution is 5.29. The molecule has 2 rings (SSSR count). The molecule has 0 aliphatic heterocycles. The lowest BCUT2D eigenvalue weighted by molar-refractivity contribution is 0.288. The highest BCUT2D eigenvalue weighted by atomic mass is 19.1. The van der Waals surface area contributed by atoms with Crippen LogP contribution in [0.15, 0.2) is 18.2 Å². The van der Waals surface area contributed by atoms with E-state index in [2.05, 4.69) is 19.2 Å². The van der Waals surface area contributed by atoms with E-state index in [0.717, 1.165) is 18.5 Å². The van der Waals surface area contributed by atoms with E-state index in [1.807, 2.05) is 6.07 Å². The summed E-state index contributed by atoms with van der Waals surface area (Å²) in [6, 6.07) is 5.60. The maximum Gasteiger partial charge on any atom is 0.127 e. The summed E-state index contributed by atoms with van der Waals surface area (Å²) in [4.78, 5) is 0. The van der Waals surface area contributed by atoms with Crippen molar-refractivity contribution in [2.75, 3.05) is 6.61 Å². The second-order valence-electron chi connectivity index (χ2n) is 5.48. The van der Waals surface area contributed by atoms with Crippen LogP contribution in [0, 0.1) is 11.7 Å². The fourth-order valence-electron chi connectivity index (χ4n) is 1.77. The van der Waals surface area contributed by atoms with Crippen molar-refractivity contribution in [3.8, 4) is 5.75 Å². The summed E-state index contributed by atoms with van der Waals surface area (Å²) in [6.07, 6.45) is 3.48. The molecule has 0 amide bonds. The Balaban J connectivity index is 1.87. The lowest BCUT2D eigenvalue weighted by Gasteiger charge is -2.10. The normalized spacial score (nSPS) is 15.1. The van der Waals surface area contributed by atoms with Crippen molar-refractivity contribution >= 4 is 0 Å². The van der Waals surface area contributed by atoms with Crippen molar-refractivity contribution in [3.63, 3.8) is 0 Å². The summed E-state index contributed by atoms with van der Waals surface area (Å²) in [7, 11) is 0. The van der Waals surface area contributed by atoms with Gasteiger partial charge in [0.15, 0.2) is 0 Å². The van der Waals surface area contributed by atoms with E-state index in [1.54, 1.807) is 6.07 Å². The third kappa shape index (κ3) is 4.65. The van der Waals surface area contributed by atoms with Gasteiger partial charge in [-0.25, -0.2) is 4.39 Å². The fraction of sp³-hybridized carbons (Fsp3) is 0.600. The lowest BCUT2D eigenvalue weighted by atomic mass is 10.1. The SMILES string of the molecule is CC(C)CCOc1cc(F)cc(CNC2CC2)c1. The Morgan fingerprint density at radius 3 is 2.78 bits per heavy atom. The highest BCUT2D eigenvalue weighted by Gasteiger charge is 2.20. The Morgan fingerprint density at radius 1 is 1.33 bits per heavy atom. The molecule has 0 saturated heterocycles. The van der Waals surface area contributed by atoms with Gasteiger partial charge in [-0.2, -0.15) is 0 Å². The van der Waals surface area contributed by atoms with Crippen molar-refractivity contribution in [2.45, 2.75) is 45.7 Å². The maximum atomic E-state index is 13.4. The summed E-state index contributed by atoms with van der Waals surface area (Å²) in [6.45, 7) is 5.68. The monoisotopic (exact) mass is 251 g/mol. The van der Waals surface area contributed by atoms with E-state index in [4.69, 9.17) is 4.74 Å². The standard InChI is InChI=1S/C15H22FNO/c1-11(2)5-6-18-15-8-12(7-13(16)9-15)10-17-14-3-4-14/h7-9,11,14,17H,3-6,10H2,1-2H3. The van der Waals surface area contributed by atoms with Gasteiger partial charge in [0.25, 0.3) is 0 Å². The van der Waals surface area contributed by atoms with Gasteiger partial charge in [0.2, 0.25) is 0 Å². The summed E-state index contributed by atoms with van der Waals surface area (Å²) < 4.78 is 19.0. The van der Waals surface area contributed by atoms with Gasteiger partial charge in [0.05, 0.1) is 6.61 Å². The Hall–Kier alpha value is -1.09. The number of ether oxygens (including phenoxy) is 1. The molecule has 0 atom stereocenters. The quantitative estimate of drug-likeness (QED) is 0.800. The first-order valence-corrected chi connectivity index (χ1v) is 6.79. The van der Waals surface area contributed by atoms with Crippen LogP contribution in [0.4, 0.5) is 4.39 Å². The molecule has 1 N–H and O–H groups in total. The van der Waals surface area contributed by atoms with Gasteiger partial charge in [-0.15, -0.1) is 0 Å². The van der Waals surface area contributed by atoms with Gasteiger partial charge < -0.3 is 10.1 Å². The Morgan fingerprint density at radius 2 is 2.11 bits per heavy atom. The van der Waals surface area contributed by atoms with E-state index in [9.17, 15) is 4.39 Å². The minimum Gasteiger partial charge on any atom is -0.493 e. The van der Waals surface area contributed by atoms with Gasteiger partial charge in [0.1, 0.15) is 11.6 Å². The van der Waals surface area contributed by atoms with Gasteiger partial charge >= 0.3 is 0 Å². The van der Waals surface area contributed by atoms with Crippen LogP contribution < -0.4 is 10.1 Å². The third-order valence-corrected chi connectivity index (χ3v) is 3.07. The molecule has 0 bridgehead atoms. The van der Waals surface area contributed by atoms with Gasteiger partial charge in [-0.05, 0) is 42.9 Å². The predicted molar refractivity (Wildman–Crippen MR) is 71.2 cm³/mol. The van der Waals surface area contributed by atoms with Crippen molar-refractivity contribution < 1.29 is 9.13 Å². The third-order valence-electron chi connectivity index (χ3n) is 3.07. The summed E-state index contributed by atoms with van der Waals surface area (Å²) in [5.41, 5.74) is 0.960. The van der Waals surface area contributed by atoms with Crippen LogP contribution in [0.5, 0.6) is 5.75 Å². The zero-order valence-electron chi connectivity index (χ0n) is 11.2. The lowest BCUT2D eigenvalue weighted by Crippen LogP contribution is -2.15. The molecular formula is C15H22FNO. The van der Waals surface area contributed by atoms with Crippen LogP contribution in [0.3, 0.4) is 0 Å². The summed E-state index contributed by atoms with van der Waals surface area (Å²) in [5, 5.41) is 3.38. The molecular weight excluding hydrogens is 229 g/mol. The fourth-order valence-corrected chi connectivity index (χ4v) is 1.77. The van der Waals surface area contributed by atoms with Crippen molar-refractivity contribution in [3.05, 3.63) is 29.6 Å². The van der Waals surface area contributed by atoms with E-state index < -0.39 is 0 Å². The largest absolute Gasteiger partial charge is 0.493 e. The van der Waals surface area contributed by atoms with Crippen molar-refractivity contribution in [1.82, 2.24) is 5.32 Å². The minimum absolute atomic E-state index is 0.218. The van der Waals surface area contributed by atoms with E-state index >= 15 is 0 Å². The van der Waals surface area contributed by atoms with Crippen LogP contribution >= 0.6 is 0 Å². The first-order valence-electron chi connectivity index (χ1n) is 6.79. The summed E-state index contributed by atoms with van der Waals surface area (Å²) >= 11 is 0. The maximum absolute atomic E-state index is 13.4. The highest BCUT2D eigenvalue weighted by Crippen LogP contribution is 2.21. The Labute approximate surface area is 109 Å². The van der Waals surface area contributed by atoms with Crippen molar-refractivity contribution in [2.24, 2.45) is 5.92 Å². The van der Waals surface area contributed by atoms with Gasteiger partial charge in [0, 0.05) is 18.7 Å². The first kappa shape index (κ1) is 13.3. The van der Waals surface area contributed by atoms with Crippen LogP contribution in [0.1, 0.15) is 38.7 Å². The Kier molecular flexibility index (Phi) is 4.59. The smallest absolute Gasteiger partial charge is 0.127 e. The van der Waals surface area contributed by atoms with Crippen LogP contribution in [-0.2, 0) is 6.54 Å². The topological polar surface area (TPSA) is 21.3 Å². The van der Waals surface area contributed by atoms with E-state index in [0.29, 0.717) is 24.3 Å². The molecule has 18 heavy (non-hydrogen) atoms. The number of halogens is 1. The molecule has 1 saturated carbocycles. The molecule has 1 fully saturated rings. The molecule has 3 heteroatoms. The number of hydrogen-bond acceptors (Lipinski definition) is 2. The zero-order valence-corrected chi connectivity index (χ0v) is 11.2. The molecule has 1 aromatic carbocycles. The predicted octanol–water partition coefficient (Wildman–Crippen LogP) is 3.50. The second kappa shape index (κ2) is 6.19. The van der Waals surface area contributed by atoms with Crippen LogP contribution in [0.25, 0.3) is 0 Å². The minimum atomic E-state index is -0.218. The molecule has 0 spiro atoms. The molecule has 1 aliphatic rings. The first-order chi connectivity index (χ1) is 8.63. The van der Waals surface area contributed by atoms with Crippen LogP contribution in [-0.4, -0.2) is 12.6 Å². The molecule has 1 aliphatic carbocycles. The van der Waals surface area contributed by atoms with Crippen LogP contribution in [0.2, 0.25) is 0 Å². The molecule has 1 aromatic rings. The molecule has 100 valence electrons. The number of rotatable bonds is 7. The number of benzene rings is 1. The average Bonchev–Trinajstić information content (AvgIpc) is 3.09. The molecule has 0 unspecified atom stereocenters. The van der Waals surface area contributed by atoms with Gasteiger partial charge in [-0.3, -0.25) is 0 Å². The number of nitrogens with one attached hydrogen (secondary N) is 1. The van der Waals surface area contributed by atoms with Crippen molar-refractivity contribution in [1.29, 1.82) is 0 Å². The number of hydrogen-bond donors (Lipinski definition) is 1. The van der Waals surface area contributed by atoms with E-state index in [-0.39, 0.29) is 5.82 Å². The second-order valence-corrected chi connectivity index (χ2v) is 5.48. The average molecular weight is 251 g/mol. The Bertz CT molecular complexity index is 388.